The van der Waals surface area contributed by atoms with Crippen LogP contribution in [-0.4, -0.2) is 13.0 Å². The predicted molar refractivity (Wildman–Crippen MR) is 91.5 cm³/mol. The number of hydrogen-bond donors (Lipinski definition) is 1. The fourth-order valence-corrected chi connectivity index (χ4v) is 2.15. The SMILES string of the molecule is BCc1cc(C(C)(C)C)cc(C#Cc2ccccc2)c1O. The monoisotopic (exact) mass is 276 g/mol. The van der Waals surface area contributed by atoms with Gasteiger partial charge in [0.15, 0.2) is 0 Å². The van der Waals surface area contributed by atoms with Gasteiger partial charge in [-0.2, -0.15) is 0 Å². The second kappa shape index (κ2) is 6.10. The first-order valence-corrected chi connectivity index (χ1v) is 7.35. The van der Waals surface area contributed by atoms with Crippen LogP contribution in [0.25, 0.3) is 0 Å². The molecular weight excluding hydrogens is 255 g/mol. The van der Waals surface area contributed by atoms with E-state index in [0.29, 0.717) is 11.3 Å². The lowest BCUT2D eigenvalue weighted by molar-refractivity contribution is 0.467. The van der Waals surface area contributed by atoms with Gasteiger partial charge in [0.2, 0.25) is 0 Å². The van der Waals surface area contributed by atoms with E-state index in [-0.39, 0.29) is 5.41 Å². The maximum atomic E-state index is 10.4. The molecule has 1 N–H and O–H groups in total. The van der Waals surface area contributed by atoms with Crippen molar-refractivity contribution in [2.45, 2.75) is 32.5 Å². The topological polar surface area (TPSA) is 20.2 Å². The van der Waals surface area contributed by atoms with Crippen LogP contribution in [0, 0.1) is 11.8 Å². The molecule has 0 saturated carbocycles. The van der Waals surface area contributed by atoms with Gasteiger partial charge in [-0.25, -0.2) is 0 Å². The highest BCUT2D eigenvalue weighted by molar-refractivity contribution is 6.08. The second-order valence-corrected chi connectivity index (χ2v) is 6.25. The average molecular weight is 276 g/mol. The Morgan fingerprint density at radius 1 is 1.05 bits per heavy atom. The van der Waals surface area contributed by atoms with Crippen LogP contribution >= 0.6 is 0 Å². The van der Waals surface area contributed by atoms with Gasteiger partial charge in [0, 0.05) is 5.56 Å². The van der Waals surface area contributed by atoms with Gasteiger partial charge in [-0.1, -0.05) is 63.2 Å². The first kappa shape index (κ1) is 15.3. The molecule has 1 nitrogen and oxygen atoms in total. The Kier molecular flexibility index (Phi) is 4.43. The smallest absolute Gasteiger partial charge is 0.133 e. The van der Waals surface area contributed by atoms with Gasteiger partial charge >= 0.3 is 0 Å². The number of phenols is 1. The Labute approximate surface area is 128 Å². The quantitative estimate of drug-likeness (QED) is 0.626. The van der Waals surface area contributed by atoms with Gasteiger partial charge in [0.1, 0.15) is 13.6 Å². The van der Waals surface area contributed by atoms with Crippen LogP contribution in [0.15, 0.2) is 42.5 Å². The van der Waals surface area contributed by atoms with Crippen molar-refractivity contribution in [3.8, 4) is 17.6 Å². The van der Waals surface area contributed by atoms with Gasteiger partial charge < -0.3 is 5.11 Å². The van der Waals surface area contributed by atoms with Crippen LogP contribution in [0.5, 0.6) is 5.75 Å². The molecule has 0 unspecified atom stereocenters. The van der Waals surface area contributed by atoms with Crippen LogP contribution < -0.4 is 0 Å². The molecule has 2 heteroatoms. The van der Waals surface area contributed by atoms with Gasteiger partial charge in [-0.3, -0.25) is 0 Å². The molecule has 0 aliphatic heterocycles. The zero-order chi connectivity index (χ0) is 15.5. The number of hydrogen-bond acceptors (Lipinski definition) is 1. The Bertz CT molecular complexity index is 685. The molecule has 0 fully saturated rings. The molecule has 0 amide bonds. The third-order valence-electron chi connectivity index (χ3n) is 3.55. The van der Waals surface area contributed by atoms with Crippen LogP contribution in [0.2, 0.25) is 0 Å². The van der Waals surface area contributed by atoms with Crippen LogP contribution in [0.1, 0.15) is 43.0 Å². The summed E-state index contributed by atoms with van der Waals surface area (Å²) >= 11 is 0. The van der Waals surface area contributed by atoms with E-state index in [2.05, 4.69) is 46.5 Å². The summed E-state index contributed by atoms with van der Waals surface area (Å²) < 4.78 is 0. The normalized spacial score (nSPS) is 10.8. The molecule has 0 spiro atoms. The van der Waals surface area contributed by atoms with Crippen molar-refractivity contribution < 1.29 is 5.11 Å². The zero-order valence-corrected chi connectivity index (χ0v) is 13.2. The van der Waals surface area contributed by atoms with Crippen molar-refractivity contribution in [1.82, 2.24) is 0 Å². The largest absolute Gasteiger partial charge is 0.506 e. The van der Waals surface area contributed by atoms with E-state index >= 15 is 0 Å². The minimum Gasteiger partial charge on any atom is -0.506 e. The third kappa shape index (κ3) is 3.70. The highest BCUT2D eigenvalue weighted by Crippen LogP contribution is 2.30. The van der Waals surface area contributed by atoms with E-state index in [0.717, 1.165) is 17.4 Å². The van der Waals surface area contributed by atoms with E-state index in [9.17, 15) is 5.11 Å². The molecule has 2 aromatic rings. The van der Waals surface area contributed by atoms with Crippen LogP contribution in [0.4, 0.5) is 0 Å². The molecule has 0 atom stereocenters. The minimum atomic E-state index is 0.0425. The first-order valence-electron chi connectivity index (χ1n) is 7.35. The van der Waals surface area contributed by atoms with E-state index in [4.69, 9.17) is 0 Å². The minimum absolute atomic E-state index is 0.0425. The van der Waals surface area contributed by atoms with E-state index < -0.39 is 0 Å². The molecule has 2 aromatic carbocycles. The summed E-state index contributed by atoms with van der Waals surface area (Å²) in [6.07, 6.45) is 0.801. The van der Waals surface area contributed by atoms with E-state index in [1.807, 2.05) is 36.4 Å². The van der Waals surface area contributed by atoms with Crippen molar-refractivity contribution in [1.29, 1.82) is 0 Å². The highest BCUT2D eigenvalue weighted by Gasteiger charge is 2.17. The summed E-state index contributed by atoms with van der Waals surface area (Å²) in [5, 5.41) is 10.4. The van der Waals surface area contributed by atoms with Crippen molar-refractivity contribution in [2.75, 3.05) is 0 Å². The van der Waals surface area contributed by atoms with Crippen LogP contribution in [0.3, 0.4) is 0 Å². The molecule has 21 heavy (non-hydrogen) atoms. The fourth-order valence-electron chi connectivity index (χ4n) is 2.15. The lowest BCUT2D eigenvalue weighted by Gasteiger charge is -2.21. The maximum absolute atomic E-state index is 10.4. The average Bonchev–Trinajstić information content (AvgIpc) is 2.46. The standard InChI is InChI=1S/C19H21BO/c1-19(2,3)17-11-15(18(21)16(12-17)13-20)10-9-14-7-5-4-6-8-14/h4-8,11-12,21H,13,20H2,1-3H3. The van der Waals surface area contributed by atoms with Crippen LogP contribution in [-0.2, 0) is 11.7 Å². The van der Waals surface area contributed by atoms with Crippen molar-refractivity contribution in [3.63, 3.8) is 0 Å². The fraction of sp³-hybridized carbons (Fsp3) is 0.263. The molecule has 106 valence electrons. The number of aromatic hydroxyl groups is 1. The Balaban J connectivity index is 2.51. The molecule has 0 aliphatic rings. The Morgan fingerprint density at radius 2 is 1.71 bits per heavy atom. The summed E-state index contributed by atoms with van der Waals surface area (Å²) in [5.41, 5.74) is 3.87. The number of rotatable bonds is 1. The second-order valence-electron chi connectivity index (χ2n) is 6.25. The summed E-state index contributed by atoms with van der Waals surface area (Å²) in [6.45, 7) is 6.52. The number of benzene rings is 2. The van der Waals surface area contributed by atoms with Gasteiger partial charge in [-0.15, -0.1) is 0 Å². The van der Waals surface area contributed by atoms with E-state index in [1.165, 1.54) is 5.56 Å². The Hall–Kier alpha value is -2.14. The maximum Gasteiger partial charge on any atom is 0.133 e. The number of phenolic OH excluding ortho intramolecular Hbond substituents is 1. The highest BCUT2D eigenvalue weighted by atomic mass is 16.3. The van der Waals surface area contributed by atoms with Crippen molar-refractivity contribution in [2.24, 2.45) is 0 Å². The lowest BCUT2D eigenvalue weighted by Crippen LogP contribution is -2.12. The third-order valence-corrected chi connectivity index (χ3v) is 3.55. The van der Waals surface area contributed by atoms with E-state index in [1.54, 1.807) is 0 Å². The molecule has 0 saturated heterocycles. The van der Waals surface area contributed by atoms with Gasteiger partial charge in [-0.05, 0) is 34.7 Å². The van der Waals surface area contributed by atoms with Crippen molar-refractivity contribution in [3.05, 3.63) is 64.7 Å². The summed E-state index contributed by atoms with van der Waals surface area (Å²) in [6, 6.07) is 13.9. The molecule has 0 bridgehead atoms. The Morgan fingerprint density at radius 3 is 2.29 bits per heavy atom. The molecule has 0 aliphatic carbocycles. The summed E-state index contributed by atoms with van der Waals surface area (Å²) in [4.78, 5) is 0. The molecule has 0 heterocycles. The predicted octanol–water partition coefficient (Wildman–Crippen LogP) is 3.22. The van der Waals surface area contributed by atoms with Crippen molar-refractivity contribution >= 4 is 7.85 Å². The summed E-state index contributed by atoms with van der Waals surface area (Å²) in [7, 11) is 2.05. The molecular formula is C19H21BO. The molecule has 0 aromatic heterocycles. The first-order chi connectivity index (χ1) is 9.91. The molecule has 2 rings (SSSR count). The van der Waals surface area contributed by atoms with Gasteiger partial charge in [0.05, 0.1) is 5.56 Å². The zero-order valence-electron chi connectivity index (χ0n) is 13.2. The molecule has 0 radical (unpaired) electrons. The summed E-state index contributed by atoms with van der Waals surface area (Å²) in [5.74, 6) is 6.55. The lowest BCUT2D eigenvalue weighted by atomic mass is 9.82. The van der Waals surface area contributed by atoms with Gasteiger partial charge in [0.25, 0.3) is 0 Å².